The summed E-state index contributed by atoms with van der Waals surface area (Å²) >= 11 is 0. The number of fused-ring (bicyclic) bond motifs is 1. The van der Waals surface area contributed by atoms with Crippen LogP contribution < -0.4 is 5.56 Å². The summed E-state index contributed by atoms with van der Waals surface area (Å²) in [6.45, 7) is -1.37. The number of rotatable bonds is 2. The van der Waals surface area contributed by atoms with Crippen LogP contribution in [0.1, 0.15) is 0 Å². The number of aromatic nitrogens is 3. The van der Waals surface area contributed by atoms with Gasteiger partial charge in [0.1, 0.15) is 18.0 Å². The smallest absolute Gasteiger partial charge is 0.346 e. The SMILES string of the molecule is O=c1c2cc[nH]c2nc(-c2ccccc2)n1CC(F)(F)F. The molecule has 0 unspecified atom stereocenters. The van der Waals surface area contributed by atoms with Crippen LogP contribution in [0.2, 0.25) is 0 Å². The lowest BCUT2D eigenvalue weighted by Crippen LogP contribution is -2.30. The summed E-state index contributed by atoms with van der Waals surface area (Å²) in [5.41, 5.74) is 0.0186. The van der Waals surface area contributed by atoms with Crippen LogP contribution in [0.25, 0.3) is 22.4 Å². The molecule has 0 saturated carbocycles. The Hall–Kier alpha value is -2.57. The van der Waals surface area contributed by atoms with E-state index in [2.05, 4.69) is 9.97 Å². The van der Waals surface area contributed by atoms with Gasteiger partial charge < -0.3 is 4.98 Å². The van der Waals surface area contributed by atoms with E-state index in [0.29, 0.717) is 10.1 Å². The molecule has 1 N–H and O–H groups in total. The minimum atomic E-state index is -4.50. The Balaban J connectivity index is 2.31. The van der Waals surface area contributed by atoms with Crippen LogP contribution in [0.15, 0.2) is 47.4 Å². The molecule has 2 heterocycles. The third kappa shape index (κ3) is 2.54. The van der Waals surface area contributed by atoms with Gasteiger partial charge in [-0.1, -0.05) is 30.3 Å². The van der Waals surface area contributed by atoms with Crippen molar-refractivity contribution in [3.05, 3.63) is 52.9 Å². The van der Waals surface area contributed by atoms with Gasteiger partial charge in [-0.2, -0.15) is 13.2 Å². The fourth-order valence-electron chi connectivity index (χ4n) is 2.17. The summed E-state index contributed by atoms with van der Waals surface area (Å²) in [6.07, 6.45) is -3.02. The number of alkyl halides is 3. The molecule has 0 fully saturated rings. The summed E-state index contributed by atoms with van der Waals surface area (Å²) in [5, 5.41) is 0.138. The number of H-pyrrole nitrogens is 1. The quantitative estimate of drug-likeness (QED) is 0.789. The van der Waals surface area contributed by atoms with Crippen LogP contribution in [0.4, 0.5) is 13.2 Å². The second-order valence-corrected chi connectivity index (χ2v) is 4.55. The normalized spacial score (nSPS) is 12.0. The maximum atomic E-state index is 12.7. The van der Waals surface area contributed by atoms with Crippen LogP contribution >= 0.6 is 0 Å². The van der Waals surface area contributed by atoms with Crippen molar-refractivity contribution >= 4 is 11.0 Å². The standard InChI is InChI=1S/C14H10F3N3O/c15-14(16,17)8-20-12(9-4-2-1-3-5-9)19-11-10(13(20)21)6-7-18-11/h1-7,18H,8H2. The Bertz CT molecular complexity index is 834. The van der Waals surface area contributed by atoms with E-state index < -0.39 is 18.3 Å². The van der Waals surface area contributed by atoms with Crippen molar-refractivity contribution < 1.29 is 13.2 Å². The van der Waals surface area contributed by atoms with Crippen molar-refractivity contribution in [2.24, 2.45) is 0 Å². The zero-order valence-electron chi connectivity index (χ0n) is 10.7. The van der Waals surface area contributed by atoms with E-state index in [1.807, 2.05) is 0 Å². The molecule has 1 aromatic carbocycles. The van der Waals surface area contributed by atoms with Crippen LogP contribution in [-0.4, -0.2) is 20.7 Å². The van der Waals surface area contributed by atoms with E-state index >= 15 is 0 Å². The van der Waals surface area contributed by atoms with Gasteiger partial charge in [-0.05, 0) is 6.07 Å². The second-order valence-electron chi connectivity index (χ2n) is 4.55. The zero-order chi connectivity index (χ0) is 15.0. The predicted molar refractivity (Wildman–Crippen MR) is 71.8 cm³/mol. The highest BCUT2D eigenvalue weighted by molar-refractivity contribution is 5.76. The number of nitrogens with zero attached hydrogens (tertiary/aromatic N) is 2. The largest absolute Gasteiger partial charge is 0.406 e. The maximum absolute atomic E-state index is 12.7. The molecule has 0 atom stereocenters. The van der Waals surface area contributed by atoms with E-state index in [0.717, 1.165) is 0 Å². The van der Waals surface area contributed by atoms with Crippen molar-refractivity contribution in [3.8, 4) is 11.4 Å². The Morgan fingerprint density at radius 2 is 1.86 bits per heavy atom. The predicted octanol–water partition coefficient (Wildman–Crippen LogP) is 2.95. The van der Waals surface area contributed by atoms with E-state index in [1.54, 1.807) is 30.3 Å². The third-order valence-corrected chi connectivity index (χ3v) is 3.04. The number of halogens is 3. The number of aromatic amines is 1. The summed E-state index contributed by atoms with van der Waals surface area (Å²) in [4.78, 5) is 19.2. The number of hydrogen-bond acceptors (Lipinski definition) is 2. The lowest BCUT2D eigenvalue weighted by molar-refractivity contribution is -0.140. The van der Waals surface area contributed by atoms with Gasteiger partial charge in [0.2, 0.25) is 0 Å². The first kappa shape index (κ1) is 13.4. The molecule has 21 heavy (non-hydrogen) atoms. The molecule has 3 aromatic rings. The molecular formula is C14H10F3N3O. The van der Waals surface area contributed by atoms with Crippen LogP contribution in [0.3, 0.4) is 0 Å². The lowest BCUT2D eigenvalue weighted by Gasteiger charge is -2.14. The minimum absolute atomic E-state index is 0.00660. The highest BCUT2D eigenvalue weighted by atomic mass is 19.4. The first-order valence-electron chi connectivity index (χ1n) is 6.16. The average molecular weight is 293 g/mol. The molecule has 0 aliphatic carbocycles. The fraction of sp³-hybridized carbons (Fsp3) is 0.143. The van der Waals surface area contributed by atoms with Crippen LogP contribution in [0.5, 0.6) is 0 Å². The van der Waals surface area contributed by atoms with Gasteiger partial charge in [0.25, 0.3) is 5.56 Å². The average Bonchev–Trinajstić information content (AvgIpc) is 2.90. The molecule has 0 bridgehead atoms. The monoisotopic (exact) mass is 293 g/mol. The van der Waals surface area contributed by atoms with E-state index in [-0.39, 0.29) is 16.9 Å². The van der Waals surface area contributed by atoms with E-state index in [4.69, 9.17) is 0 Å². The Kier molecular flexibility index (Phi) is 3.04. The fourth-order valence-corrected chi connectivity index (χ4v) is 2.17. The van der Waals surface area contributed by atoms with Crippen molar-refractivity contribution in [1.29, 1.82) is 0 Å². The summed E-state index contributed by atoms with van der Waals surface area (Å²) in [7, 11) is 0. The third-order valence-electron chi connectivity index (χ3n) is 3.04. The molecular weight excluding hydrogens is 283 g/mol. The minimum Gasteiger partial charge on any atom is -0.346 e. The van der Waals surface area contributed by atoms with Crippen LogP contribution in [0, 0.1) is 0 Å². The van der Waals surface area contributed by atoms with Gasteiger partial charge in [0.15, 0.2) is 0 Å². The summed E-state index contributed by atoms with van der Waals surface area (Å²) < 4.78 is 38.9. The van der Waals surface area contributed by atoms with Crippen molar-refractivity contribution in [1.82, 2.24) is 14.5 Å². The van der Waals surface area contributed by atoms with Gasteiger partial charge in [0, 0.05) is 11.8 Å². The zero-order valence-corrected chi connectivity index (χ0v) is 10.7. The summed E-state index contributed by atoms with van der Waals surface area (Å²) in [6, 6.07) is 9.75. The number of hydrogen-bond donors (Lipinski definition) is 1. The topological polar surface area (TPSA) is 50.7 Å². The molecule has 3 rings (SSSR count). The van der Waals surface area contributed by atoms with Crippen molar-refractivity contribution in [2.45, 2.75) is 12.7 Å². The van der Waals surface area contributed by atoms with Crippen LogP contribution in [-0.2, 0) is 6.54 Å². The molecule has 0 spiro atoms. The molecule has 7 heteroatoms. The number of benzene rings is 1. The van der Waals surface area contributed by atoms with Gasteiger partial charge in [-0.15, -0.1) is 0 Å². The molecule has 108 valence electrons. The Morgan fingerprint density at radius 1 is 1.14 bits per heavy atom. The van der Waals surface area contributed by atoms with Crippen molar-refractivity contribution in [2.75, 3.05) is 0 Å². The van der Waals surface area contributed by atoms with Gasteiger partial charge in [-0.3, -0.25) is 9.36 Å². The highest BCUT2D eigenvalue weighted by Crippen LogP contribution is 2.23. The molecule has 0 aliphatic heterocycles. The molecule has 0 saturated heterocycles. The molecule has 0 radical (unpaired) electrons. The second kappa shape index (κ2) is 4.76. The Labute approximate surface area is 116 Å². The molecule has 4 nitrogen and oxygen atoms in total. The van der Waals surface area contributed by atoms with Gasteiger partial charge in [0.05, 0.1) is 5.39 Å². The van der Waals surface area contributed by atoms with Crippen molar-refractivity contribution in [3.63, 3.8) is 0 Å². The van der Waals surface area contributed by atoms with Gasteiger partial charge in [-0.25, -0.2) is 4.98 Å². The van der Waals surface area contributed by atoms with Gasteiger partial charge >= 0.3 is 6.18 Å². The Morgan fingerprint density at radius 3 is 2.52 bits per heavy atom. The first-order valence-corrected chi connectivity index (χ1v) is 6.16. The van der Waals surface area contributed by atoms with E-state index in [9.17, 15) is 18.0 Å². The highest BCUT2D eigenvalue weighted by Gasteiger charge is 2.30. The molecule has 0 amide bonds. The molecule has 0 aliphatic rings. The first-order chi connectivity index (χ1) is 9.96. The summed E-state index contributed by atoms with van der Waals surface area (Å²) in [5.74, 6) is -0.00660. The number of nitrogens with one attached hydrogen (secondary N) is 1. The molecule has 2 aromatic heterocycles. The maximum Gasteiger partial charge on any atom is 0.406 e. The lowest BCUT2D eigenvalue weighted by atomic mass is 10.2. The van der Waals surface area contributed by atoms with E-state index in [1.165, 1.54) is 12.3 Å².